The first kappa shape index (κ1) is 14.0. The Hall–Kier alpha value is -1.05. The number of benzene rings is 1. The average Bonchev–Trinajstić information content (AvgIpc) is 2.25. The normalized spacial score (nSPS) is 13.6. The van der Waals surface area contributed by atoms with Gasteiger partial charge in [0.05, 0.1) is 6.61 Å². The van der Waals surface area contributed by atoms with Gasteiger partial charge in [-0.15, -0.1) is 0 Å². The number of aliphatic hydroxyl groups excluding tert-OH is 1. The fourth-order valence-corrected chi connectivity index (χ4v) is 2.71. The Morgan fingerprint density at radius 2 is 1.88 bits per heavy atom. The zero-order valence-electron chi connectivity index (χ0n) is 9.15. The van der Waals surface area contributed by atoms with Crippen molar-refractivity contribution in [1.82, 2.24) is 4.72 Å². The predicted molar refractivity (Wildman–Crippen MR) is 57.8 cm³/mol. The molecule has 2 N–H and O–H groups in total. The van der Waals surface area contributed by atoms with Crippen LogP contribution in [0.15, 0.2) is 23.1 Å². The summed E-state index contributed by atoms with van der Waals surface area (Å²) in [7, 11) is -4.31. The lowest BCUT2D eigenvalue weighted by molar-refractivity contribution is 0.253. The molecule has 0 aliphatic heterocycles. The summed E-state index contributed by atoms with van der Waals surface area (Å²) in [6.45, 7) is 1.20. The van der Waals surface area contributed by atoms with Gasteiger partial charge < -0.3 is 5.11 Å². The minimum atomic E-state index is -4.31. The van der Waals surface area contributed by atoms with Gasteiger partial charge in [-0.3, -0.25) is 0 Å². The molecule has 1 rings (SSSR count). The molecule has 0 bridgehead atoms. The molecule has 4 nitrogen and oxygen atoms in total. The average molecular weight is 265 g/mol. The van der Waals surface area contributed by atoms with Crippen molar-refractivity contribution in [1.29, 1.82) is 0 Å². The van der Waals surface area contributed by atoms with Gasteiger partial charge in [0.2, 0.25) is 10.0 Å². The molecule has 17 heavy (non-hydrogen) atoms. The first-order valence-corrected chi connectivity index (χ1v) is 6.48. The van der Waals surface area contributed by atoms with E-state index in [2.05, 4.69) is 0 Å². The summed E-state index contributed by atoms with van der Waals surface area (Å²) in [5.74, 6) is -2.32. The quantitative estimate of drug-likeness (QED) is 0.835. The van der Waals surface area contributed by atoms with Crippen LogP contribution in [0.1, 0.15) is 13.3 Å². The molecule has 0 radical (unpaired) electrons. The highest BCUT2D eigenvalue weighted by atomic mass is 32.2. The number of aliphatic hydroxyl groups is 1. The van der Waals surface area contributed by atoms with Crippen LogP contribution < -0.4 is 4.72 Å². The molecule has 0 aromatic heterocycles. The summed E-state index contributed by atoms with van der Waals surface area (Å²) in [5.41, 5.74) is 0. The van der Waals surface area contributed by atoms with Crippen molar-refractivity contribution in [3.63, 3.8) is 0 Å². The number of sulfonamides is 1. The molecule has 0 amide bonds. The highest BCUT2D eigenvalue weighted by Gasteiger charge is 2.25. The van der Waals surface area contributed by atoms with Crippen LogP contribution in [0.3, 0.4) is 0 Å². The van der Waals surface area contributed by atoms with Crippen LogP contribution in [0.2, 0.25) is 0 Å². The van der Waals surface area contributed by atoms with Gasteiger partial charge in [0.15, 0.2) is 4.90 Å². The van der Waals surface area contributed by atoms with E-state index in [4.69, 9.17) is 5.11 Å². The predicted octanol–water partition coefficient (Wildman–Crippen LogP) is 1.01. The van der Waals surface area contributed by atoms with Crippen molar-refractivity contribution in [2.75, 3.05) is 6.61 Å². The number of halogens is 2. The van der Waals surface area contributed by atoms with Crippen molar-refractivity contribution in [2.45, 2.75) is 24.3 Å². The number of hydrogen-bond acceptors (Lipinski definition) is 3. The van der Waals surface area contributed by atoms with Gasteiger partial charge in [-0.25, -0.2) is 21.9 Å². The fraction of sp³-hybridized carbons (Fsp3) is 0.400. The van der Waals surface area contributed by atoms with Gasteiger partial charge in [0, 0.05) is 6.04 Å². The lowest BCUT2D eigenvalue weighted by Crippen LogP contribution is -2.37. The third-order valence-corrected chi connectivity index (χ3v) is 3.79. The first-order chi connectivity index (χ1) is 7.92. The van der Waals surface area contributed by atoms with Gasteiger partial charge in [-0.2, -0.15) is 0 Å². The summed E-state index contributed by atoms with van der Waals surface area (Å²) in [6, 6.07) is 2.03. The second-order valence-electron chi connectivity index (χ2n) is 3.46. The molecule has 1 atom stereocenters. The fourth-order valence-electron chi connectivity index (χ4n) is 1.27. The number of hydrogen-bond donors (Lipinski definition) is 2. The van der Waals surface area contributed by atoms with E-state index in [-0.39, 0.29) is 0 Å². The second-order valence-corrected chi connectivity index (χ2v) is 5.11. The highest BCUT2D eigenvalue weighted by molar-refractivity contribution is 7.89. The van der Waals surface area contributed by atoms with Gasteiger partial charge in [-0.1, -0.05) is 13.0 Å². The Morgan fingerprint density at radius 3 is 2.29 bits per heavy atom. The molecule has 0 saturated heterocycles. The van der Waals surface area contributed by atoms with Crippen LogP contribution in [0.25, 0.3) is 0 Å². The van der Waals surface area contributed by atoms with Crippen molar-refractivity contribution < 1.29 is 22.3 Å². The van der Waals surface area contributed by atoms with Gasteiger partial charge in [0.25, 0.3) is 0 Å². The van der Waals surface area contributed by atoms with E-state index in [0.717, 1.165) is 18.2 Å². The maximum Gasteiger partial charge on any atom is 0.246 e. The topological polar surface area (TPSA) is 66.4 Å². The van der Waals surface area contributed by atoms with Gasteiger partial charge in [0.1, 0.15) is 11.6 Å². The molecule has 0 saturated carbocycles. The SMILES string of the molecule is CC[C@H](CO)NS(=O)(=O)c1c(F)cccc1F. The van der Waals surface area contributed by atoms with Crippen LogP contribution in [-0.2, 0) is 10.0 Å². The molecular formula is C10H13F2NO3S. The molecule has 1 aromatic carbocycles. The van der Waals surface area contributed by atoms with Gasteiger partial charge >= 0.3 is 0 Å². The Morgan fingerprint density at radius 1 is 1.35 bits per heavy atom. The maximum atomic E-state index is 13.3. The maximum absolute atomic E-state index is 13.3. The van der Waals surface area contributed by atoms with E-state index in [1.165, 1.54) is 0 Å². The highest BCUT2D eigenvalue weighted by Crippen LogP contribution is 2.18. The van der Waals surface area contributed by atoms with Crippen molar-refractivity contribution in [2.24, 2.45) is 0 Å². The molecule has 0 aliphatic rings. The van der Waals surface area contributed by atoms with Crippen molar-refractivity contribution in [3.05, 3.63) is 29.8 Å². The molecule has 0 heterocycles. The van der Waals surface area contributed by atoms with Crippen LogP contribution >= 0.6 is 0 Å². The summed E-state index contributed by atoms with van der Waals surface area (Å²) in [4.78, 5) is -1.02. The third-order valence-electron chi connectivity index (χ3n) is 2.22. The molecule has 96 valence electrons. The monoisotopic (exact) mass is 265 g/mol. The van der Waals surface area contributed by atoms with Crippen LogP contribution in [0.4, 0.5) is 8.78 Å². The van der Waals surface area contributed by atoms with Crippen molar-refractivity contribution >= 4 is 10.0 Å². The van der Waals surface area contributed by atoms with E-state index in [1.54, 1.807) is 6.92 Å². The van der Waals surface area contributed by atoms with Gasteiger partial charge in [-0.05, 0) is 18.6 Å². The van der Waals surface area contributed by atoms with E-state index < -0.39 is 39.2 Å². The Kier molecular flexibility index (Phi) is 4.55. The molecule has 0 unspecified atom stereocenters. The molecule has 0 aliphatic carbocycles. The largest absolute Gasteiger partial charge is 0.395 e. The lowest BCUT2D eigenvalue weighted by Gasteiger charge is -2.14. The van der Waals surface area contributed by atoms with Crippen LogP contribution in [0, 0.1) is 11.6 Å². The lowest BCUT2D eigenvalue weighted by atomic mass is 10.3. The van der Waals surface area contributed by atoms with Crippen LogP contribution in [-0.4, -0.2) is 26.2 Å². The molecule has 7 heteroatoms. The Balaban J connectivity index is 3.14. The second kappa shape index (κ2) is 5.52. The molecule has 0 fully saturated rings. The van der Waals surface area contributed by atoms with Crippen molar-refractivity contribution in [3.8, 4) is 0 Å². The third kappa shape index (κ3) is 3.21. The molecular weight excluding hydrogens is 252 g/mol. The zero-order valence-corrected chi connectivity index (χ0v) is 9.97. The molecule has 1 aromatic rings. The Bertz CT molecular complexity index is 466. The summed E-state index contributed by atoms with van der Waals surface area (Å²) in [6.07, 6.45) is 0.311. The zero-order chi connectivity index (χ0) is 13.1. The van der Waals surface area contributed by atoms with E-state index >= 15 is 0 Å². The van der Waals surface area contributed by atoms with E-state index in [1.807, 2.05) is 4.72 Å². The first-order valence-electron chi connectivity index (χ1n) is 4.99. The van der Waals surface area contributed by atoms with E-state index in [9.17, 15) is 17.2 Å². The summed E-state index contributed by atoms with van der Waals surface area (Å²) >= 11 is 0. The Labute approximate surface area is 98.3 Å². The molecule has 0 spiro atoms. The van der Waals surface area contributed by atoms with E-state index in [0.29, 0.717) is 6.42 Å². The smallest absolute Gasteiger partial charge is 0.246 e. The summed E-state index contributed by atoms with van der Waals surface area (Å²) < 4.78 is 52.0. The standard InChI is InChI=1S/C10H13F2NO3S/c1-2-7(6-14)13-17(15,16)10-8(11)4-3-5-9(10)12/h3-5,7,13-14H,2,6H2,1H3/t7-/m1/s1. The minimum Gasteiger partial charge on any atom is -0.395 e. The number of rotatable bonds is 5. The number of nitrogens with one attached hydrogen (secondary N) is 1. The minimum absolute atomic E-state index is 0.311. The van der Waals surface area contributed by atoms with Crippen LogP contribution in [0.5, 0.6) is 0 Å². The summed E-state index contributed by atoms with van der Waals surface area (Å²) in [5, 5.41) is 8.86.